The summed E-state index contributed by atoms with van der Waals surface area (Å²) in [5.41, 5.74) is 4.32. The predicted molar refractivity (Wildman–Crippen MR) is 126 cm³/mol. The fourth-order valence-corrected chi connectivity index (χ4v) is 4.65. The highest BCUT2D eigenvalue weighted by Crippen LogP contribution is 2.41. The van der Waals surface area contributed by atoms with Crippen molar-refractivity contribution in [2.75, 3.05) is 10.6 Å². The zero-order valence-electron chi connectivity index (χ0n) is 17.4. The van der Waals surface area contributed by atoms with Gasteiger partial charge < -0.3 is 10.6 Å². The second-order valence-corrected chi connectivity index (χ2v) is 8.57. The monoisotopic (exact) mass is 430 g/mol. The van der Waals surface area contributed by atoms with E-state index in [1.165, 1.54) is 23.5 Å². The lowest BCUT2D eigenvalue weighted by Crippen LogP contribution is -2.17. The highest BCUT2D eigenvalue weighted by Gasteiger charge is 2.25. The van der Waals surface area contributed by atoms with Gasteiger partial charge in [-0.1, -0.05) is 48.5 Å². The Morgan fingerprint density at radius 2 is 1.58 bits per heavy atom. The number of rotatable bonds is 6. The summed E-state index contributed by atoms with van der Waals surface area (Å²) in [7, 11) is 0. The van der Waals surface area contributed by atoms with E-state index < -0.39 is 0 Å². The number of anilines is 2. The number of carbonyl (C=O) groups excluding carboxylic acids is 1. The Morgan fingerprint density at radius 1 is 0.903 bits per heavy atom. The van der Waals surface area contributed by atoms with Crippen LogP contribution in [0.3, 0.4) is 0 Å². The van der Waals surface area contributed by atoms with Crippen molar-refractivity contribution in [1.82, 2.24) is 0 Å². The fourth-order valence-electron chi connectivity index (χ4n) is 3.56. The maximum Gasteiger partial charge on any atom is 0.256 e. The second kappa shape index (κ2) is 9.14. The van der Waals surface area contributed by atoms with Crippen LogP contribution < -0.4 is 10.6 Å². The fraction of sp³-hybridized carbons (Fsp3) is 0.115. The molecule has 0 fully saturated rings. The van der Waals surface area contributed by atoms with Crippen LogP contribution in [-0.2, 0) is 0 Å². The summed E-state index contributed by atoms with van der Waals surface area (Å²) in [5, 5.41) is 7.39. The zero-order valence-corrected chi connectivity index (χ0v) is 18.2. The molecule has 5 heteroatoms. The maximum absolute atomic E-state index is 14.1. The molecule has 0 bridgehead atoms. The second-order valence-electron chi connectivity index (χ2n) is 7.34. The largest absolute Gasteiger partial charge is 0.374 e. The van der Waals surface area contributed by atoms with Gasteiger partial charge in [-0.2, -0.15) is 0 Å². The van der Waals surface area contributed by atoms with Crippen molar-refractivity contribution in [1.29, 1.82) is 0 Å². The van der Waals surface area contributed by atoms with Crippen LogP contribution in [0, 0.1) is 19.7 Å². The summed E-state index contributed by atoms with van der Waals surface area (Å²) < 4.78 is 14.1. The van der Waals surface area contributed by atoms with Crippen LogP contribution in [-0.4, -0.2) is 5.91 Å². The van der Waals surface area contributed by atoms with Gasteiger partial charge >= 0.3 is 0 Å². The van der Waals surface area contributed by atoms with E-state index in [0.717, 1.165) is 32.3 Å². The molecule has 3 aromatic carbocycles. The summed E-state index contributed by atoms with van der Waals surface area (Å²) >= 11 is 1.54. The Bertz CT molecular complexity index is 1190. The number of thiophene rings is 1. The summed E-state index contributed by atoms with van der Waals surface area (Å²) in [6.45, 7) is 4.07. The Hall–Kier alpha value is -3.44. The van der Waals surface area contributed by atoms with E-state index in [4.69, 9.17) is 0 Å². The smallest absolute Gasteiger partial charge is 0.256 e. The van der Waals surface area contributed by atoms with Crippen LogP contribution in [0.5, 0.6) is 0 Å². The van der Waals surface area contributed by atoms with Crippen molar-refractivity contribution in [3.63, 3.8) is 0 Å². The van der Waals surface area contributed by atoms with E-state index in [2.05, 4.69) is 10.6 Å². The molecular formula is C26H23FN2OS. The lowest BCUT2D eigenvalue weighted by molar-refractivity contribution is 0.102. The first-order valence-electron chi connectivity index (χ1n) is 10.1. The molecule has 1 atom stereocenters. The minimum Gasteiger partial charge on any atom is -0.374 e. The van der Waals surface area contributed by atoms with Gasteiger partial charge in [-0.15, -0.1) is 11.3 Å². The third-order valence-corrected chi connectivity index (χ3v) is 6.39. The molecule has 4 rings (SSSR count). The van der Waals surface area contributed by atoms with Gasteiger partial charge in [0.15, 0.2) is 0 Å². The molecule has 1 amide bonds. The van der Waals surface area contributed by atoms with Crippen molar-refractivity contribution in [2.45, 2.75) is 19.9 Å². The first-order chi connectivity index (χ1) is 15.0. The molecule has 1 aromatic heterocycles. The van der Waals surface area contributed by atoms with Crippen LogP contribution in [0.1, 0.15) is 38.0 Å². The zero-order chi connectivity index (χ0) is 21.8. The summed E-state index contributed by atoms with van der Waals surface area (Å²) in [6.07, 6.45) is 0. The highest BCUT2D eigenvalue weighted by atomic mass is 32.1. The standard InChI is InChI=1S/C26H23FN2OS/c1-17-18(2)31-26(29-25(30)19-10-5-3-6-11-19)23(17)24(20-12-9-13-21(27)16-20)28-22-14-7-4-8-15-22/h3-16,24,28H,1-2H3,(H,29,30)/t24-/m1/s1. The molecule has 156 valence electrons. The molecule has 0 radical (unpaired) electrons. The average Bonchev–Trinajstić information content (AvgIpc) is 3.06. The SMILES string of the molecule is Cc1sc(NC(=O)c2ccccc2)c([C@H](Nc2ccccc2)c2cccc(F)c2)c1C. The molecule has 0 saturated heterocycles. The van der Waals surface area contributed by atoms with E-state index in [1.807, 2.05) is 68.4 Å². The van der Waals surface area contributed by atoms with Crippen LogP contribution in [0.2, 0.25) is 0 Å². The molecule has 4 aromatic rings. The van der Waals surface area contributed by atoms with Gasteiger partial charge in [-0.05, 0) is 61.4 Å². The Labute approximate surface area is 185 Å². The third-order valence-electron chi connectivity index (χ3n) is 5.25. The number of nitrogens with one attached hydrogen (secondary N) is 2. The van der Waals surface area contributed by atoms with Gasteiger partial charge in [0.25, 0.3) is 5.91 Å². The van der Waals surface area contributed by atoms with E-state index in [1.54, 1.807) is 18.2 Å². The summed E-state index contributed by atoms with van der Waals surface area (Å²) in [4.78, 5) is 14.0. The first kappa shape index (κ1) is 20.8. The maximum atomic E-state index is 14.1. The van der Waals surface area contributed by atoms with Crippen LogP contribution in [0.15, 0.2) is 84.9 Å². The lowest BCUT2D eigenvalue weighted by atomic mass is 9.96. The summed E-state index contributed by atoms with van der Waals surface area (Å²) in [5.74, 6) is -0.461. The number of carbonyl (C=O) groups is 1. The van der Waals surface area contributed by atoms with Gasteiger partial charge in [0.2, 0.25) is 0 Å². The van der Waals surface area contributed by atoms with Crippen molar-refractivity contribution in [2.24, 2.45) is 0 Å². The average molecular weight is 431 g/mol. The Balaban J connectivity index is 1.78. The van der Waals surface area contributed by atoms with E-state index in [9.17, 15) is 9.18 Å². The van der Waals surface area contributed by atoms with Gasteiger partial charge in [-0.25, -0.2) is 4.39 Å². The lowest BCUT2D eigenvalue weighted by Gasteiger charge is -2.23. The first-order valence-corrected chi connectivity index (χ1v) is 10.9. The number of para-hydroxylation sites is 1. The van der Waals surface area contributed by atoms with Gasteiger partial charge in [0, 0.05) is 21.7 Å². The molecule has 3 nitrogen and oxygen atoms in total. The van der Waals surface area contributed by atoms with Crippen molar-refractivity contribution in [3.8, 4) is 0 Å². The van der Waals surface area contributed by atoms with E-state index in [-0.39, 0.29) is 17.8 Å². The molecule has 0 aliphatic heterocycles. The molecule has 0 saturated carbocycles. The molecule has 2 N–H and O–H groups in total. The molecule has 0 unspecified atom stereocenters. The minimum atomic E-state index is -0.325. The van der Waals surface area contributed by atoms with Crippen LogP contribution in [0.25, 0.3) is 0 Å². The number of hydrogen-bond donors (Lipinski definition) is 2. The van der Waals surface area contributed by atoms with Crippen LogP contribution >= 0.6 is 11.3 Å². The van der Waals surface area contributed by atoms with Gasteiger partial charge in [0.05, 0.1) is 6.04 Å². The number of benzene rings is 3. The predicted octanol–water partition coefficient (Wildman–Crippen LogP) is 6.96. The quantitative estimate of drug-likeness (QED) is 0.347. The Morgan fingerprint density at radius 3 is 2.26 bits per heavy atom. The molecule has 0 spiro atoms. The number of aryl methyl sites for hydroxylation is 1. The topological polar surface area (TPSA) is 41.1 Å². The number of hydrogen-bond acceptors (Lipinski definition) is 3. The molecule has 0 aliphatic carbocycles. The van der Waals surface area contributed by atoms with E-state index in [0.29, 0.717) is 5.56 Å². The molecule has 0 aliphatic rings. The normalized spacial score (nSPS) is 11.7. The van der Waals surface area contributed by atoms with Crippen molar-refractivity contribution >= 4 is 27.9 Å². The number of halogens is 1. The third kappa shape index (κ3) is 4.67. The number of amides is 1. The highest BCUT2D eigenvalue weighted by molar-refractivity contribution is 7.16. The minimum absolute atomic E-state index is 0.166. The van der Waals surface area contributed by atoms with E-state index >= 15 is 0 Å². The van der Waals surface area contributed by atoms with Crippen LogP contribution in [0.4, 0.5) is 15.1 Å². The molecule has 1 heterocycles. The Kier molecular flexibility index (Phi) is 6.14. The van der Waals surface area contributed by atoms with Crippen molar-refractivity contribution in [3.05, 3.63) is 118 Å². The van der Waals surface area contributed by atoms with Gasteiger partial charge in [0.1, 0.15) is 10.8 Å². The molecular weight excluding hydrogens is 407 g/mol. The molecule has 31 heavy (non-hydrogen) atoms. The summed E-state index contributed by atoms with van der Waals surface area (Å²) in [6, 6.07) is 25.2. The van der Waals surface area contributed by atoms with Crippen molar-refractivity contribution < 1.29 is 9.18 Å². The van der Waals surface area contributed by atoms with Gasteiger partial charge in [-0.3, -0.25) is 4.79 Å².